The number of anilines is 1. The van der Waals surface area contributed by atoms with Crippen molar-refractivity contribution < 1.29 is 25.6 Å². The van der Waals surface area contributed by atoms with Crippen molar-refractivity contribution in [2.24, 2.45) is 0 Å². The number of benzene rings is 1. The van der Waals surface area contributed by atoms with Gasteiger partial charge in [0.25, 0.3) is 0 Å². The number of rotatable bonds is 6. The number of hydrogen-bond acceptors (Lipinski definition) is 6. The molecule has 0 bridgehead atoms. The molecule has 1 saturated heterocycles. The summed E-state index contributed by atoms with van der Waals surface area (Å²) in [6, 6.07) is 8.53. The first-order chi connectivity index (χ1) is 12.7. The average Bonchev–Trinajstić information content (AvgIpc) is 3.18. The molecule has 1 aliphatic heterocycles. The molecule has 2 aromatic rings. The minimum Gasteiger partial charge on any atom is -0.370 e. The maximum Gasteiger partial charge on any atom is 0.341 e. The van der Waals surface area contributed by atoms with Crippen LogP contribution >= 0.6 is 11.3 Å². The van der Waals surface area contributed by atoms with Crippen LogP contribution in [0.3, 0.4) is 0 Å². The molecule has 0 saturated carbocycles. The molecular formula is C16H18F2N2O4S3. The monoisotopic (exact) mass is 436 g/mol. The van der Waals surface area contributed by atoms with Gasteiger partial charge >= 0.3 is 5.76 Å². The largest absolute Gasteiger partial charge is 0.370 e. The van der Waals surface area contributed by atoms with E-state index in [0.29, 0.717) is 25.9 Å². The Morgan fingerprint density at radius 2 is 1.70 bits per heavy atom. The molecule has 0 radical (unpaired) electrons. The smallest absolute Gasteiger partial charge is 0.341 e. The predicted octanol–water partition coefficient (Wildman–Crippen LogP) is 2.69. The Labute approximate surface area is 160 Å². The van der Waals surface area contributed by atoms with Gasteiger partial charge in [0.05, 0.1) is 10.6 Å². The van der Waals surface area contributed by atoms with E-state index in [9.17, 15) is 25.6 Å². The summed E-state index contributed by atoms with van der Waals surface area (Å²) in [4.78, 5) is 1.29. The summed E-state index contributed by atoms with van der Waals surface area (Å²) >= 11 is 1.12. The van der Waals surface area contributed by atoms with Crippen molar-refractivity contribution in [1.29, 1.82) is 0 Å². The quantitative estimate of drug-likeness (QED) is 0.753. The molecule has 1 aliphatic rings. The summed E-state index contributed by atoms with van der Waals surface area (Å²) < 4.78 is 77.2. The summed E-state index contributed by atoms with van der Waals surface area (Å²) in [5.41, 5.74) is 0.220. The minimum absolute atomic E-state index is 0.220. The molecule has 3 rings (SSSR count). The molecule has 1 aromatic carbocycles. The first-order valence-electron chi connectivity index (χ1n) is 8.13. The minimum atomic E-state index is -4.71. The Bertz CT molecular complexity index is 984. The van der Waals surface area contributed by atoms with E-state index in [1.807, 2.05) is 0 Å². The molecular weight excluding hydrogens is 418 g/mol. The molecule has 0 atom stereocenters. The van der Waals surface area contributed by atoms with Crippen molar-refractivity contribution >= 4 is 36.9 Å². The Hall–Kier alpha value is -1.56. The van der Waals surface area contributed by atoms with E-state index in [1.54, 1.807) is 22.4 Å². The van der Waals surface area contributed by atoms with E-state index in [2.05, 4.69) is 4.72 Å². The number of hydrogen-bond donors (Lipinski definition) is 1. The molecule has 2 heterocycles. The molecule has 11 heteroatoms. The van der Waals surface area contributed by atoms with Crippen LogP contribution in [0.1, 0.15) is 12.8 Å². The fraction of sp³-hybridized carbons (Fsp3) is 0.375. The lowest BCUT2D eigenvalue weighted by Crippen LogP contribution is -2.44. The van der Waals surface area contributed by atoms with E-state index in [0.717, 1.165) is 11.3 Å². The van der Waals surface area contributed by atoms with Gasteiger partial charge < -0.3 is 4.90 Å². The Kier molecular flexibility index (Phi) is 5.84. The van der Waals surface area contributed by atoms with Crippen LogP contribution in [0.25, 0.3) is 0 Å². The normalized spacial score (nSPS) is 16.8. The van der Waals surface area contributed by atoms with Crippen molar-refractivity contribution in [3.05, 3.63) is 41.8 Å². The fourth-order valence-corrected chi connectivity index (χ4v) is 6.25. The highest BCUT2D eigenvalue weighted by molar-refractivity contribution is 7.92. The molecule has 1 fully saturated rings. The van der Waals surface area contributed by atoms with Gasteiger partial charge in [0.1, 0.15) is 4.21 Å². The van der Waals surface area contributed by atoms with E-state index >= 15 is 0 Å². The Morgan fingerprint density at radius 1 is 1.04 bits per heavy atom. The molecule has 0 unspecified atom stereocenters. The number of nitrogens with zero attached hydrogens (tertiary/aromatic N) is 1. The Balaban J connectivity index is 1.72. The van der Waals surface area contributed by atoms with Crippen molar-refractivity contribution in [3.63, 3.8) is 0 Å². The van der Waals surface area contributed by atoms with E-state index in [1.165, 1.54) is 24.3 Å². The van der Waals surface area contributed by atoms with Gasteiger partial charge in [-0.3, -0.25) is 0 Å². The van der Waals surface area contributed by atoms with Crippen molar-refractivity contribution in [2.75, 3.05) is 18.0 Å². The maximum absolute atomic E-state index is 12.9. The van der Waals surface area contributed by atoms with Gasteiger partial charge in [-0.2, -0.15) is 8.78 Å². The lowest BCUT2D eigenvalue weighted by Gasteiger charge is -2.34. The standard InChI is InChI=1S/C16H18F2N2O4S3/c17-16(18)26(21,22)14-5-2-1-4-13(14)20-9-7-12(8-10-20)19-27(23,24)15-6-3-11-25-15/h1-6,11-12,16,19H,7-10H2. The summed E-state index contributed by atoms with van der Waals surface area (Å²) in [5, 5.41) is 1.68. The number of alkyl halides is 2. The van der Waals surface area contributed by atoms with Crippen molar-refractivity contribution in [1.82, 2.24) is 4.72 Å². The zero-order chi connectivity index (χ0) is 19.7. The first kappa shape index (κ1) is 20.2. The SMILES string of the molecule is O=S(=O)(NC1CCN(c2ccccc2S(=O)(=O)C(F)F)CC1)c1cccs1. The van der Waals surface area contributed by atoms with Gasteiger partial charge in [-0.25, -0.2) is 21.6 Å². The van der Waals surface area contributed by atoms with Gasteiger partial charge in [-0.15, -0.1) is 11.3 Å². The third-order valence-corrected chi connectivity index (χ3v) is 8.67. The lowest BCUT2D eigenvalue weighted by molar-refractivity contribution is 0.234. The van der Waals surface area contributed by atoms with Gasteiger partial charge in [0.15, 0.2) is 0 Å². The maximum atomic E-state index is 12.9. The Morgan fingerprint density at radius 3 is 2.30 bits per heavy atom. The summed E-state index contributed by atoms with van der Waals surface area (Å²) in [7, 11) is -8.30. The number of sulfonamides is 1. The topological polar surface area (TPSA) is 83.6 Å². The van der Waals surface area contributed by atoms with Crippen LogP contribution in [0.15, 0.2) is 50.9 Å². The van der Waals surface area contributed by atoms with Crippen LogP contribution in [0.4, 0.5) is 14.5 Å². The van der Waals surface area contributed by atoms with Crippen LogP contribution < -0.4 is 9.62 Å². The van der Waals surface area contributed by atoms with Crippen LogP contribution in [0.2, 0.25) is 0 Å². The zero-order valence-electron chi connectivity index (χ0n) is 14.1. The second kappa shape index (κ2) is 7.82. The first-order valence-corrected chi connectivity index (χ1v) is 12.0. The molecule has 1 N–H and O–H groups in total. The van der Waals surface area contributed by atoms with Crippen LogP contribution in [0.5, 0.6) is 0 Å². The molecule has 0 spiro atoms. The van der Waals surface area contributed by atoms with E-state index in [4.69, 9.17) is 0 Å². The molecule has 0 aliphatic carbocycles. The average molecular weight is 437 g/mol. The zero-order valence-corrected chi connectivity index (χ0v) is 16.5. The second-order valence-electron chi connectivity index (χ2n) is 6.09. The van der Waals surface area contributed by atoms with Crippen LogP contribution in [-0.4, -0.2) is 41.7 Å². The summed E-state index contributed by atoms with van der Waals surface area (Å²) in [6.45, 7) is 0.709. The van der Waals surface area contributed by atoms with Gasteiger partial charge in [0.2, 0.25) is 19.9 Å². The van der Waals surface area contributed by atoms with Crippen molar-refractivity contribution in [2.45, 2.75) is 33.7 Å². The number of halogens is 2. The predicted molar refractivity (Wildman–Crippen MR) is 99.5 cm³/mol. The van der Waals surface area contributed by atoms with Crippen molar-refractivity contribution in [3.8, 4) is 0 Å². The molecule has 0 amide bonds. The number of sulfone groups is 1. The lowest BCUT2D eigenvalue weighted by atomic mass is 10.1. The molecule has 27 heavy (non-hydrogen) atoms. The molecule has 1 aromatic heterocycles. The second-order valence-corrected chi connectivity index (χ2v) is 10.9. The highest BCUT2D eigenvalue weighted by Gasteiger charge is 2.32. The fourth-order valence-electron chi connectivity index (χ4n) is 2.99. The van der Waals surface area contributed by atoms with E-state index in [-0.39, 0.29) is 15.9 Å². The highest BCUT2D eigenvalue weighted by atomic mass is 32.2. The number of para-hydroxylation sites is 1. The number of nitrogens with one attached hydrogen (secondary N) is 1. The summed E-state index contributed by atoms with van der Waals surface area (Å²) in [6.07, 6.45) is 0.876. The number of thiophene rings is 1. The summed E-state index contributed by atoms with van der Waals surface area (Å²) in [5.74, 6) is -3.49. The molecule has 148 valence electrons. The number of piperidine rings is 1. The van der Waals surface area contributed by atoms with E-state index < -0.39 is 30.5 Å². The van der Waals surface area contributed by atoms with Crippen LogP contribution in [-0.2, 0) is 19.9 Å². The third-order valence-electron chi connectivity index (χ3n) is 4.32. The molecule has 6 nitrogen and oxygen atoms in total. The van der Waals surface area contributed by atoms with Crippen LogP contribution in [0, 0.1) is 0 Å². The van der Waals surface area contributed by atoms with Gasteiger partial charge in [0, 0.05) is 19.1 Å². The third kappa shape index (κ3) is 4.31. The highest BCUT2D eigenvalue weighted by Crippen LogP contribution is 2.31. The van der Waals surface area contributed by atoms with Gasteiger partial charge in [-0.05, 0) is 36.4 Å². The van der Waals surface area contributed by atoms with Gasteiger partial charge in [-0.1, -0.05) is 18.2 Å².